The molecule has 7 heteroatoms. The summed E-state index contributed by atoms with van der Waals surface area (Å²) in [7, 11) is 1.57. The van der Waals surface area contributed by atoms with E-state index in [2.05, 4.69) is 26.5 Å². The zero-order chi connectivity index (χ0) is 18.4. The molecular formula is C18H18BrClN2O3. The summed E-state index contributed by atoms with van der Waals surface area (Å²) < 4.78 is 11.8. The van der Waals surface area contributed by atoms with Gasteiger partial charge >= 0.3 is 0 Å². The van der Waals surface area contributed by atoms with Crippen LogP contribution in [0, 0.1) is 0 Å². The summed E-state index contributed by atoms with van der Waals surface area (Å²) in [6.07, 6.45) is 1.55. The number of halogens is 2. The number of hydrogen-bond donors (Lipinski definition) is 1. The van der Waals surface area contributed by atoms with Crippen molar-refractivity contribution in [1.29, 1.82) is 0 Å². The number of amides is 1. The highest BCUT2D eigenvalue weighted by Gasteiger charge is 2.12. The van der Waals surface area contributed by atoms with Gasteiger partial charge in [-0.3, -0.25) is 4.79 Å². The number of ether oxygens (including phenoxy) is 2. The third-order valence-corrected chi connectivity index (χ3v) is 3.93. The first-order valence-electron chi connectivity index (χ1n) is 7.54. The highest BCUT2D eigenvalue weighted by Crippen LogP contribution is 2.36. The fourth-order valence-corrected chi connectivity index (χ4v) is 2.67. The largest absolute Gasteiger partial charge is 0.493 e. The Balaban J connectivity index is 2.11. The second-order valence-corrected chi connectivity index (χ2v) is 6.70. The van der Waals surface area contributed by atoms with Crippen LogP contribution in [0.4, 0.5) is 0 Å². The Morgan fingerprint density at radius 2 is 1.96 bits per heavy atom. The monoisotopic (exact) mass is 424 g/mol. The Kier molecular flexibility index (Phi) is 6.84. The van der Waals surface area contributed by atoms with E-state index in [1.165, 1.54) is 6.21 Å². The van der Waals surface area contributed by atoms with Crippen molar-refractivity contribution in [3.63, 3.8) is 0 Å². The Morgan fingerprint density at radius 1 is 1.28 bits per heavy atom. The highest BCUT2D eigenvalue weighted by molar-refractivity contribution is 9.10. The average Bonchev–Trinajstić information content (AvgIpc) is 2.57. The number of benzene rings is 2. The van der Waals surface area contributed by atoms with Crippen LogP contribution in [0.2, 0.25) is 5.02 Å². The van der Waals surface area contributed by atoms with Crippen LogP contribution < -0.4 is 14.9 Å². The second kappa shape index (κ2) is 8.87. The molecule has 2 aromatic rings. The molecule has 1 amide bonds. The molecule has 0 aliphatic carbocycles. The van der Waals surface area contributed by atoms with Gasteiger partial charge in [0, 0.05) is 10.6 Å². The summed E-state index contributed by atoms with van der Waals surface area (Å²) in [6, 6.07) is 10.2. The summed E-state index contributed by atoms with van der Waals surface area (Å²) in [4.78, 5) is 12.0. The number of hydrazone groups is 1. The minimum absolute atomic E-state index is 0.0170. The van der Waals surface area contributed by atoms with E-state index in [-0.39, 0.29) is 12.0 Å². The Hall–Kier alpha value is -2.05. The lowest BCUT2D eigenvalue weighted by Gasteiger charge is -2.15. The maximum absolute atomic E-state index is 12.0. The first-order chi connectivity index (χ1) is 11.9. The van der Waals surface area contributed by atoms with Crippen molar-refractivity contribution in [2.24, 2.45) is 5.10 Å². The first kappa shape index (κ1) is 19.3. The standard InChI is InChI=1S/C18H18BrClN2O3/c1-11(2)25-17-15(19)8-12(9-16(17)24-3)10-21-22-18(23)13-4-6-14(20)7-5-13/h4-11H,1-3H3,(H,22,23)/b21-10-. The van der Waals surface area contributed by atoms with Crippen LogP contribution >= 0.6 is 27.5 Å². The van der Waals surface area contributed by atoms with E-state index in [0.717, 1.165) is 10.0 Å². The third kappa shape index (κ3) is 5.47. The molecule has 0 unspecified atom stereocenters. The van der Waals surface area contributed by atoms with Gasteiger partial charge in [0.2, 0.25) is 0 Å². The maximum Gasteiger partial charge on any atom is 0.271 e. The molecule has 0 aliphatic heterocycles. The SMILES string of the molecule is COc1cc(/C=N\NC(=O)c2ccc(Cl)cc2)cc(Br)c1OC(C)C. The van der Waals surface area contributed by atoms with Gasteiger partial charge in [-0.05, 0) is 71.7 Å². The lowest BCUT2D eigenvalue weighted by Crippen LogP contribution is -2.17. The van der Waals surface area contributed by atoms with E-state index >= 15 is 0 Å². The molecule has 0 fully saturated rings. The molecule has 0 atom stereocenters. The molecule has 0 aliphatic rings. The van der Waals surface area contributed by atoms with Crippen molar-refractivity contribution >= 4 is 39.7 Å². The molecule has 0 aromatic heterocycles. The number of nitrogens with one attached hydrogen (secondary N) is 1. The van der Waals surface area contributed by atoms with Gasteiger partial charge in [-0.25, -0.2) is 5.43 Å². The predicted molar refractivity (Wildman–Crippen MR) is 103 cm³/mol. The van der Waals surface area contributed by atoms with Crippen molar-refractivity contribution < 1.29 is 14.3 Å². The predicted octanol–water partition coefficient (Wildman–Crippen LogP) is 4.66. The van der Waals surface area contributed by atoms with Gasteiger partial charge in [-0.15, -0.1) is 0 Å². The molecule has 0 heterocycles. The van der Waals surface area contributed by atoms with Crippen molar-refractivity contribution in [1.82, 2.24) is 5.43 Å². The van der Waals surface area contributed by atoms with Crippen molar-refractivity contribution in [2.75, 3.05) is 7.11 Å². The molecule has 1 N–H and O–H groups in total. The highest BCUT2D eigenvalue weighted by atomic mass is 79.9. The lowest BCUT2D eigenvalue weighted by atomic mass is 10.2. The van der Waals surface area contributed by atoms with Gasteiger partial charge in [0.15, 0.2) is 11.5 Å². The molecule has 0 spiro atoms. The third-order valence-electron chi connectivity index (χ3n) is 3.09. The molecule has 2 rings (SSSR count). The van der Waals surface area contributed by atoms with E-state index in [4.69, 9.17) is 21.1 Å². The van der Waals surface area contributed by atoms with Crippen LogP contribution in [-0.4, -0.2) is 25.3 Å². The summed E-state index contributed by atoms with van der Waals surface area (Å²) >= 11 is 9.27. The lowest BCUT2D eigenvalue weighted by molar-refractivity contribution is 0.0955. The minimum atomic E-state index is -0.321. The average molecular weight is 426 g/mol. The fraction of sp³-hybridized carbons (Fsp3) is 0.222. The summed E-state index contributed by atoms with van der Waals surface area (Å²) in [5.41, 5.74) is 3.69. The van der Waals surface area contributed by atoms with E-state index in [1.54, 1.807) is 37.4 Å². The van der Waals surface area contributed by atoms with Gasteiger partial charge in [0.1, 0.15) is 0 Å². The van der Waals surface area contributed by atoms with E-state index in [9.17, 15) is 4.79 Å². The Bertz CT molecular complexity index is 777. The van der Waals surface area contributed by atoms with Gasteiger partial charge in [0.05, 0.1) is 23.9 Å². The van der Waals surface area contributed by atoms with Gasteiger partial charge in [-0.2, -0.15) is 5.10 Å². The van der Waals surface area contributed by atoms with Crippen LogP contribution in [0.1, 0.15) is 29.8 Å². The molecule has 5 nitrogen and oxygen atoms in total. The summed E-state index contributed by atoms with van der Waals surface area (Å²) in [6.45, 7) is 3.88. The van der Waals surface area contributed by atoms with Crippen LogP contribution in [-0.2, 0) is 0 Å². The summed E-state index contributed by atoms with van der Waals surface area (Å²) in [5, 5.41) is 4.54. The fourth-order valence-electron chi connectivity index (χ4n) is 2.00. The van der Waals surface area contributed by atoms with Crippen LogP contribution in [0.3, 0.4) is 0 Å². The molecular weight excluding hydrogens is 408 g/mol. The normalized spacial score (nSPS) is 11.0. The van der Waals surface area contributed by atoms with Crippen LogP contribution in [0.15, 0.2) is 46.0 Å². The van der Waals surface area contributed by atoms with Gasteiger partial charge in [0.25, 0.3) is 5.91 Å². The molecule has 0 bridgehead atoms. The number of carbonyl (C=O) groups is 1. The maximum atomic E-state index is 12.0. The van der Waals surface area contributed by atoms with E-state index in [1.807, 2.05) is 19.9 Å². The molecule has 0 radical (unpaired) electrons. The van der Waals surface area contributed by atoms with Crippen molar-refractivity contribution in [2.45, 2.75) is 20.0 Å². The number of hydrogen-bond acceptors (Lipinski definition) is 4. The topological polar surface area (TPSA) is 59.9 Å². The number of carbonyl (C=O) groups excluding carboxylic acids is 1. The van der Waals surface area contributed by atoms with Crippen LogP contribution in [0.25, 0.3) is 0 Å². The van der Waals surface area contributed by atoms with E-state index < -0.39 is 0 Å². The second-order valence-electron chi connectivity index (χ2n) is 5.41. The number of nitrogens with zero attached hydrogens (tertiary/aromatic N) is 1. The minimum Gasteiger partial charge on any atom is -0.493 e. The number of methoxy groups -OCH3 is 1. The molecule has 0 saturated heterocycles. The summed E-state index contributed by atoms with van der Waals surface area (Å²) in [5.74, 6) is 0.882. The van der Waals surface area contributed by atoms with Crippen molar-refractivity contribution in [3.8, 4) is 11.5 Å². The van der Waals surface area contributed by atoms with Gasteiger partial charge in [-0.1, -0.05) is 11.6 Å². The Labute approximate surface area is 160 Å². The molecule has 0 saturated carbocycles. The quantitative estimate of drug-likeness (QED) is 0.541. The smallest absolute Gasteiger partial charge is 0.271 e. The zero-order valence-electron chi connectivity index (χ0n) is 14.0. The molecule has 2 aromatic carbocycles. The molecule has 25 heavy (non-hydrogen) atoms. The van der Waals surface area contributed by atoms with E-state index in [0.29, 0.717) is 22.1 Å². The molecule has 132 valence electrons. The van der Waals surface area contributed by atoms with Crippen LogP contribution in [0.5, 0.6) is 11.5 Å². The van der Waals surface area contributed by atoms with Crippen molar-refractivity contribution in [3.05, 3.63) is 57.0 Å². The zero-order valence-corrected chi connectivity index (χ0v) is 16.4. The Morgan fingerprint density at radius 3 is 2.56 bits per heavy atom. The number of rotatable bonds is 6. The first-order valence-corrected chi connectivity index (χ1v) is 8.71. The van der Waals surface area contributed by atoms with Gasteiger partial charge < -0.3 is 9.47 Å².